The molecule has 1 fully saturated rings. The number of nitrogens with one attached hydrogen (secondary N) is 2. The van der Waals surface area contributed by atoms with Gasteiger partial charge in [-0.2, -0.15) is 0 Å². The molecule has 3 aromatic carbocycles. The van der Waals surface area contributed by atoms with Crippen molar-refractivity contribution in [3.05, 3.63) is 84.7 Å². The number of ether oxygens (including phenoxy) is 2. The zero-order valence-corrected chi connectivity index (χ0v) is 19.7. The minimum atomic E-state index is -0.315. The number of nitrogens with zero attached hydrogens (tertiary/aromatic N) is 2. The zero-order chi connectivity index (χ0) is 24.0. The third-order valence-electron chi connectivity index (χ3n) is 6.12. The summed E-state index contributed by atoms with van der Waals surface area (Å²) in [6.45, 7) is 4.27. The number of carbonyl (C=O) groups is 1. The molecule has 7 nitrogen and oxygen atoms in total. The van der Waals surface area contributed by atoms with Crippen molar-refractivity contribution in [2.24, 2.45) is 0 Å². The predicted octanol–water partition coefficient (Wildman–Crippen LogP) is 5.39. The van der Waals surface area contributed by atoms with Crippen LogP contribution in [0.1, 0.15) is 5.69 Å². The lowest BCUT2D eigenvalue weighted by Crippen LogP contribution is -2.35. The smallest absolute Gasteiger partial charge is 0.323 e. The fraction of sp³-hybridized carbons (Fsp3) is 0.214. The second-order valence-corrected chi connectivity index (χ2v) is 8.44. The van der Waals surface area contributed by atoms with Crippen molar-refractivity contribution >= 4 is 28.2 Å². The molecule has 1 aromatic heterocycles. The Morgan fingerprint density at radius 3 is 2.57 bits per heavy atom. The van der Waals surface area contributed by atoms with E-state index in [9.17, 15) is 4.79 Å². The lowest BCUT2D eigenvalue weighted by molar-refractivity contribution is 0.0336. The maximum absolute atomic E-state index is 12.7. The van der Waals surface area contributed by atoms with E-state index in [1.807, 2.05) is 54.7 Å². The Morgan fingerprint density at radius 1 is 0.971 bits per heavy atom. The maximum Gasteiger partial charge on any atom is 0.323 e. The number of aromatic nitrogens is 1. The molecule has 0 atom stereocenters. The monoisotopic (exact) mass is 468 g/mol. The van der Waals surface area contributed by atoms with Crippen molar-refractivity contribution < 1.29 is 14.3 Å². The molecule has 1 aliphatic rings. The number of pyridine rings is 1. The van der Waals surface area contributed by atoms with Crippen LogP contribution in [0.3, 0.4) is 0 Å². The molecule has 35 heavy (non-hydrogen) atoms. The van der Waals surface area contributed by atoms with Crippen LogP contribution in [0.2, 0.25) is 0 Å². The second kappa shape index (κ2) is 10.5. The summed E-state index contributed by atoms with van der Waals surface area (Å²) >= 11 is 0. The standard InChI is InChI=1S/C28H28N4O3/c1-34-23-6-4-5-21(17-23)30-28(33)31-27-12-11-24(25-7-2-3-8-26(25)27)20-9-10-22(29-18-20)19-32-13-15-35-16-14-32/h2-12,17-18H,13-16,19H2,1H3,(H2,30,31,33). The van der Waals surface area contributed by atoms with Crippen molar-refractivity contribution in [2.45, 2.75) is 6.54 Å². The second-order valence-electron chi connectivity index (χ2n) is 8.44. The molecule has 0 spiro atoms. The van der Waals surface area contributed by atoms with Gasteiger partial charge in [-0.15, -0.1) is 0 Å². The first-order chi connectivity index (χ1) is 17.2. The van der Waals surface area contributed by atoms with Gasteiger partial charge in [-0.1, -0.05) is 42.5 Å². The number of benzene rings is 3. The molecule has 0 bridgehead atoms. The summed E-state index contributed by atoms with van der Waals surface area (Å²) in [7, 11) is 1.60. The predicted molar refractivity (Wildman–Crippen MR) is 139 cm³/mol. The maximum atomic E-state index is 12.7. The average molecular weight is 469 g/mol. The van der Waals surface area contributed by atoms with Gasteiger partial charge in [0.2, 0.25) is 0 Å². The number of methoxy groups -OCH3 is 1. The molecule has 1 aliphatic heterocycles. The molecule has 7 heteroatoms. The van der Waals surface area contributed by atoms with Crippen LogP contribution >= 0.6 is 0 Å². The van der Waals surface area contributed by atoms with Crippen molar-refractivity contribution in [2.75, 3.05) is 44.0 Å². The van der Waals surface area contributed by atoms with Crippen molar-refractivity contribution in [1.82, 2.24) is 9.88 Å². The summed E-state index contributed by atoms with van der Waals surface area (Å²) in [5.41, 5.74) is 4.56. The number of urea groups is 1. The lowest BCUT2D eigenvalue weighted by atomic mass is 9.98. The number of rotatable bonds is 6. The van der Waals surface area contributed by atoms with E-state index in [0.717, 1.165) is 66.1 Å². The Labute approximate surface area is 204 Å². The number of fused-ring (bicyclic) bond motifs is 1. The van der Waals surface area contributed by atoms with E-state index in [0.29, 0.717) is 11.4 Å². The molecule has 4 aromatic rings. The van der Waals surface area contributed by atoms with E-state index in [4.69, 9.17) is 14.5 Å². The summed E-state index contributed by atoms with van der Waals surface area (Å²) in [6.07, 6.45) is 1.93. The Kier molecular flexibility index (Phi) is 6.88. The minimum Gasteiger partial charge on any atom is -0.497 e. The lowest BCUT2D eigenvalue weighted by Gasteiger charge is -2.26. The normalized spacial score (nSPS) is 14.0. The van der Waals surface area contributed by atoms with Gasteiger partial charge in [0, 0.05) is 48.5 Å². The van der Waals surface area contributed by atoms with Gasteiger partial charge in [0.25, 0.3) is 0 Å². The number of carbonyl (C=O) groups excluding carboxylic acids is 1. The first-order valence-electron chi connectivity index (χ1n) is 11.7. The molecule has 0 radical (unpaired) electrons. The van der Waals surface area contributed by atoms with Gasteiger partial charge in [0.1, 0.15) is 5.75 Å². The van der Waals surface area contributed by atoms with Gasteiger partial charge in [-0.3, -0.25) is 9.88 Å². The largest absolute Gasteiger partial charge is 0.497 e. The van der Waals surface area contributed by atoms with Crippen LogP contribution in [-0.4, -0.2) is 49.3 Å². The molecule has 178 valence electrons. The Hall–Kier alpha value is -3.94. The van der Waals surface area contributed by atoms with Crippen LogP contribution in [0.15, 0.2) is 79.0 Å². The van der Waals surface area contributed by atoms with Crippen molar-refractivity contribution in [1.29, 1.82) is 0 Å². The number of hydrogen-bond donors (Lipinski definition) is 2. The molecule has 2 heterocycles. The Bertz CT molecular complexity index is 1320. The first-order valence-corrected chi connectivity index (χ1v) is 11.7. The molecule has 1 saturated heterocycles. The highest BCUT2D eigenvalue weighted by Crippen LogP contribution is 2.33. The van der Waals surface area contributed by atoms with E-state index in [-0.39, 0.29) is 6.03 Å². The van der Waals surface area contributed by atoms with Gasteiger partial charge < -0.3 is 20.1 Å². The quantitative estimate of drug-likeness (QED) is 0.397. The first kappa shape index (κ1) is 22.8. The van der Waals surface area contributed by atoms with Crippen LogP contribution in [0, 0.1) is 0 Å². The molecule has 2 N–H and O–H groups in total. The van der Waals surface area contributed by atoms with Crippen LogP contribution in [0.4, 0.5) is 16.2 Å². The average Bonchev–Trinajstić information content (AvgIpc) is 2.90. The number of hydrogen-bond acceptors (Lipinski definition) is 5. The number of amides is 2. The van der Waals surface area contributed by atoms with Crippen LogP contribution in [0.5, 0.6) is 5.75 Å². The summed E-state index contributed by atoms with van der Waals surface area (Å²) in [6, 6.07) is 23.2. The highest BCUT2D eigenvalue weighted by atomic mass is 16.5. The van der Waals surface area contributed by atoms with Crippen molar-refractivity contribution in [3.8, 4) is 16.9 Å². The SMILES string of the molecule is COc1cccc(NC(=O)Nc2ccc(-c3ccc(CN4CCOCC4)nc3)c3ccccc23)c1. The van der Waals surface area contributed by atoms with E-state index in [2.05, 4.69) is 33.7 Å². The van der Waals surface area contributed by atoms with Gasteiger partial charge in [0.05, 0.1) is 31.7 Å². The molecule has 2 amide bonds. The highest BCUT2D eigenvalue weighted by Gasteiger charge is 2.13. The van der Waals surface area contributed by atoms with Crippen LogP contribution in [0.25, 0.3) is 21.9 Å². The highest BCUT2D eigenvalue weighted by molar-refractivity contribution is 6.09. The van der Waals surface area contributed by atoms with Crippen LogP contribution < -0.4 is 15.4 Å². The molecule has 0 aliphatic carbocycles. The molecular weight excluding hydrogens is 440 g/mol. The third-order valence-corrected chi connectivity index (χ3v) is 6.12. The van der Waals surface area contributed by atoms with E-state index < -0.39 is 0 Å². The molecule has 5 rings (SSSR count). The Balaban J connectivity index is 1.35. The Morgan fingerprint density at radius 2 is 1.80 bits per heavy atom. The number of morpholine rings is 1. The summed E-state index contributed by atoms with van der Waals surface area (Å²) in [5, 5.41) is 7.86. The minimum absolute atomic E-state index is 0.315. The topological polar surface area (TPSA) is 75.7 Å². The number of anilines is 2. The summed E-state index contributed by atoms with van der Waals surface area (Å²) in [4.78, 5) is 19.8. The van der Waals surface area contributed by atoms with Gasteiger partial charge in [-0.25, -0.2) is 4.79 Å². The summed E-state index contributed by atoms with van der Waals surface area (Å²) in [5.74, 6) is 0.683. The molecule has 0 unspecified atom stereocenters. The van der Waals surface area contributed by atoms with Crippen molar-refractivity contribution in [3.63, 3.8) is 0 Å². The molecule has 0 saturated carbocycles. The van der Waals surface area contributed by atoms with Gasteiger partial charge >= 0.3 is 6.03 Å². The summed E-state index contributed by atoms with van der Waals surface area (Å²) < 4.78 is 10.7. The fourth-order valence-electron chi connectivity index (χ4n) is 4.31. The van der Waals surface area contributed by atoms with E-state index in [1.165, 1.54) is 0 Å². The van der Waals surface area contributed by atoms with Gasteiger partial charge in [0.15, 0.2) is 0 Å². The third kappa shape index (κ3) is 5.42. The van der Waals surface area contributed by atoms with Gasteiger partial charge in [-0.05, 0) is 35.2 Å². The van der Waals surface area contributed by atoms with E-state index >= 15 is 0 Å². The molecular formula is C28H28N4O3. The zero-order valence-electron chi connectivity index (χ0n) is 19.7. The fourth-order valence-corrected chi connectivity index (χ4v) is 4.31. The van der Waals surface area contributed by atoms with Crippen LogP contribution in [-0.2, 0) is 11.3 Å². The van der Waals surface area contributed by atoms with E-state index in [1.54, 1.807) is 13.2 Å².